The van der Waals surface area contributed by atoms with Gasteiger partial charge in [0.25, 0.3) is 0 Å². The van der Waals surface area contributed by atoms with E-state index in [0.29, 0.717) is 16.7 Å². The van der Waals surface area contributed by atoms with Crippen molar-refractivity contribution in [3.8, 4) is 5.75 Å². The van der Waals surface area contributed by atoms with E-state index in [1.54, 1.807) is 6.07 Å². The summed E-state index contributed by atoms with van der Waals surface area (Å²) in [6, 6.07) is 3.62. The van der Waals surface area contributed by atoms with Crippen LogP contribution in [0.5, 0.6) is 5.75 Å². The topological polar surface area (TPSA) is 20.2 Å². The summed E-state index contributed by atoms with van der Waals surface area (Å²) in [6.45, 7) is 6.11. The fourth-order valence-electron chi connectivity index (χ4n) is 1.40. The van der Waals surface area contributed by atoms with Gasteiger partial charge in [0, 0.05) is 5.02 Å². The standard InChI is InChI=1S/C11H15ClO/c1-7(2)4-9-6-10(12)5-8(3)11(9)13/h5-7,13H,4H2,1-3H3. The van der Waals surface area contributed by atoms with Crippen LogP contribution in [0.3, 0.4) is 0 Å². The van der Waals surface area contributed by atoms with E-state index < -0.39 is 0 Å². The average molecular weight is 199 g/mol. The van der Waals surface area contributed by atoms with E-state index in [0.717, 1.165) is 17.5 Å². The molecule has 0 saturated heterocycles. The van der Waals surface area contributed by atoms with Gasteiger partial charge in [0.15, 0.2) is 0 Å². The predicted octanol–water partition coefficient (Wildman–Crippen LogP) is 3.55. The van der Waals surface area contributed by atoms with Gasteiger partial charge in [-0.1, -0.05) is 25.4 Å². The van der Waals surface area contributed by atoms with Crippen molar-refractivity contribution < 1.29 is 5.11 Å². The first kappa shape index (κ1) is 10.4. The van der Waals surface area contributed by atoms with Gasteiger partial charge in [0.05, 0.1) is 0 Å². The monoisotopic (exact) mass is 198 g/mol. The summed E-state index contributed by atoms with van der Waals surface area (Å²) in [4.78, 5) is 0. The Morgan fingerprint density at radius 3 is 2.54 bits per heavy atom. The zero-order chi connectivity index (χ0) is 10.0. The van der Waals surface area contributed by atoms with Gasteiger partial charge >= 0.3 is 0 Å². The van der Waals surface area contributed by atoms with Crippen molar-refractivity contribution in [2.45, 2.75) is 27.2 Å². The van der Waals surface area contributed by atoms with E-state index in [-0.39, 0.29) is 0 Å². The minimum atomic E-state index is 0.387. The molecule has 0 heterocycles. The van der Waals surface area contributed by atoms with Crippen LogP contribution in [0.2, 0.25) is 5.02 Å². The summed E-state index contributed by atoms with van der Waals surface area (Å²) in [5.41, 5.74) is 1.79. The minimum Gasteiger partial charge on any atom is -0.507 e. The largest absolute Gasteiger partial charge is 0.507 e. The molecule has 0 aliphatic carbocycles. The number of hydrogen-bond acceptors (Lipinski definition) is 1. The Bertz CT molecular complexity index is 305. The fraction of sp³-hybridized carbons (Fsp3) is 0.455. The maximum atomic E-state index is 9.71. The highest BCUT2D eigenvalue weighted by Crippen LogP contribution is 2.28. The van der Waals surface area contributed by atoms with Crippen LogP contribution in [-0.2, 0) is 6.42 Å². The van der Waals surface area contributed by atoms with E-state index in [4.69, 9.17) is 11.6 Å². The normalized spacial score (nSPS) is 10.8. The summed E-state index contributed by atoms with van der Waals surface area (Å²) in [6.07, 6.45) is 0.868. The van der Waals surface area contributed by atoms with Crippen molar-refractivity contribution >= 4 is 11.6 Å². The molecule has 0 fully saturated rings. The number of phenols is 1. The molecule has 0 aromatic heterocycles. The summed E-state index contributed by atoms with van der Waals surface area (Å²) in [7, 11) is 0. The third-order valence-electron chi connectivity index (χ3n) is 1.97. The first-order chi connectivity index (χ1) is 6.00. The molecule has 1 aromatic carbocycles. The molecule has 72 valence electrons. The molecule has 0 radical (unpaired) electrons. The van der Waals surface area contributed by atoms with Crippen molar-refractivity contribution in [3.63, 3.8) is 0 Å². The third kappa shape index (κ3) is 2.63. The highest BCUT2D eigenvalue weighted by molar-refractivity contribution is 6.30. The first-order valence-corrected chi connectivity index (χ1v) is 4.86. The summed E-state index contributed by atoms with van der Waals surface area (Å²) in [5.74, 6) is 0.918. The summed E-state index contributed by atoms with van der Waals surface area (Å²) >= 11 is 5.89. The third-order valence-corrected chi connectivity index (χ3v) is 2.19. The maximum Gasteiger partial charge on any atom is 0.121 e. The van der Waals surface area contributed by atoms with Gasteiger partial charge in [0.1, 0.15) is 5.75 Å². The molecule has 1 nitrogen and oxygen atoms in total. The maximum absolute atomic E-state index is 9.71. The Hall–Kier alpha value is -0.690. The Kier molecular flexibility index (Phi) is 3.21. The Morgan fingerprint density at radius 1 is 1.38 bits per heavy atom. The van der Waals surface area contributed by atoms with Crippen molar-refractivity contribution in [1.82, 2.24) is 0 Å². The molecule has 0 aliphatic rings. The molecular weight excluding hydrogens is 184 g/mol. The van der Waals surface area contributed by atoms with E-state index >= 15 is 0 Å². The van der Waals surface area contributed by atoms with Crippen molar-refractivity contribution in [2.24, 2.45) is 5.92 Å². The van der Waals surface area contributed by atoms with Gasteiger partial charge in [0.2, 0.25) is 0 Å². The first-order valence-electron chi connectivity index (χ1n) is 4.48. The number of rotatable bonds is 2. The van der Waals surface area contributed by atoms with Gasteiger partial charge in [-0.2, -0.15) is 0 Å². The van der Waals surface area contributed by atoms with E-state index in [9.17, 15) is 5.11 Å². The number of benzene rings is 1. The molecule has 0 amide bonds. The molecule has 2 heteroatoms. The van der Waals surface area contributed by atoms with E-state index in [1.165, 1.54) is 0 Å². The lowest BCUT2D eigenvalue weighted by Gasteiger charge is -2.09. The number of aromatic hydroxyl groups is 1. The van der Waals surface area contributed by atoms with Crippen LogP contribution in [0.4, 0.5) is 0 Å². The van der Waals surface area contributed by atoms with Gasteiger partial charge < -0.3 is 5.11 Å². The van der Waals surface area contributed by atoms with Crippen LogP contribution in [0.25, 0.3) is 0 Å². The van der Waals surface area contributed by atoms with Gasteiger partial charge in [-0.25, -0.2) is 0 Å². The van der Waals surface area contributed by atoms with Crippen LogP contribution >= 0.6 is 11.6 Å². The smallest absolute Gasteiger partial charge is 0.121 e. The second kappa shape index (κ2) is 4.01. The molecule has 0 bridgehead atoms. The van der Waals surface area contributed by atoms with E-state index in [1.807, 2.05) is 13.0 Å². The zero-order valence-electron chi connectivity index (χ0n) is 8.26. The molecular formula is C11H15ClO. The lowest BCUT2D eigenvalue weighted by atomic mass is 10.00. The summed E-state index contributed by atoms with van der Waals surface area (Å²) in [5, 5.41) is 10.4. The van der Waals surface area contributed by atoms with Crippen molar-refractivity contribution in [1.29, 1.82) is 0 Å². The highest BCUT2D eigenvalue weighted by atomic mass is 35.5. The zero-order valence-corrected chi connectivity index (χ0v) is 9.02. The van der Waals surface area contributed by atoms with Crippen LogP contribution in [0.1, 0.15) is 25.0 Å². The molecule has 0 atom stereocenters. The number of aryl methyl sites for hydroxylation is 1. The molecule has 1 aromatic rings. The summed E-state index contributed by atoms with van der Waals surface area (Å²) < 4.78 is 0. The SMILES string of the molecule is Cc1cc(Cl)cc(CC(C)C)c1O. The number of hydrogen-bond donors (Lipinski definition) is 1. The quantitative estimate of drug-likeness (QED) is 0.771. The Morgan fingerprint density at radius 2 is 2.00 bits per heavy atom. The van der Waals surface area contributed by atoms with Crippen molar-refractivity contribution in [3.05, 3.63) is 28.3 Å². The van der Waals surface area contributed by atoms with Crippen LogP contribution in [0.15, 0.2) is 12.1 Å². The molecule has 0 aliphatic heterocycles. The Labute approximate surface area is 84.4 Å². The minimum absolute atomic E-state index is 0.387. The molecule has 1 rings (SSSR count). The van der Waals surface area contributed by atoms with Gasteiger partial charge in [-0.15, -0.1) is 0 Å². The molecule has 1 N–H and O–H groups in total. The second-order valence-corrected chi connectivity index (χ2v) is 4.26. The lowest BCUT2D eigenvalue weighted by Crippen LogP contribution is -1.95. The van der Waals surface area contributed by atoms with Crippen LogP contribution in [-0.4, -0.2) is 5.11 Å². The average Bonchev–Trinajstić information content (AvgIpc) is 1.98. The second-order valence-electron chi connectivity index (χ2n) is 3.83. The van der Waals surface area contributed by atoms with Crippen LogP contribution in [0, 0.1) is 12.8 Å². The fourth-order valence-corrected chi connectivity index (χ4v) is 1.70. The number of halogens is 1. The highest BCUT2D eigenvalue weighted by Gasteiger charge is 2.07. The molecule has 13 heavy (non-hydrogen) atoms. The van der Waals surface area contributed by atoms with Gasteiger partial charge in [-0.05, 0) is 42.5 Å². The van der Waals surface area contributed by atoms with Crippen molar-refractivity contribution in [2.75, 3.05) is 0 Å². The van der Waals surface area contributed by atoms with Gasteiger partial charge in [-0.3, -0.25) is 0 Å². The number of phenolic OH excluding ortho intramolecular Hbond substituents is 1. The molecule has 0 spiro atoms. The van der Waals surface area contributed by atoms with Crippen LogP contribution < -0.4 is 0 Å². The predicted molar refractivity (Wildman–Crippen MR) is 56.4 cm³/mol. The molecule has 0 saturated carbocycles. The lowest BCUT2D eigenvalue weighted by molar-refractivity contribution is 0.458. The van der Waals surface area contributed by atoms with E-state index in [2.05, 4.69) is 13.8 Å². The molecule has 0 unspecified atom stereocenters. The Balaban J connectivity index is 3.05.